The standard InChI is InChI=1S/C29H37N5O2/c1-31(2)14-16-33-25-12-13-30-19-23(25)29-27(33)11-10-21(36-29)20-32(3)15-17-34-24-8-5-4-7-22(24)28-26(34)9-6-18-35-28/h4-5,7-8,12-13,19,21H,6,9-11,14-18,20H2,1-3H3. The third-order valence-electron chi connectivity index (χ3n) is 7.73. The van der Waals surface area contributed by atoms with E-state index in [1.54, 1.807) is 0 Å². The van der Waals surface area contributed by atoms with E-state index in [1.165, 1.54) is 27.8 Å². The summed E-state index contributed by atoms with van der Waals surface area (Å²) in [7, 11) is 6.47. The Morgan fingerprint density at radius 3 is 2.56 bits per heavy atom. The summed E-state index contributed by atoms with van der Waals surface area (Å²) in [5.41, 5.74) is 5.20. The lowest BCUT2D eigenvalue weighted by Crippen LogP contribution is -2.37. The molecule has 0 amide bonds. The Morgan fingerprint density at radius 2 is 1.69 bits per heavy atom. The quantitative estimate of drug-likeness (QED) is 0.373. The van der Waals surface area contributed by atoms with Gasteiger partial charge in [0, 0.05) is 50.5 Å². The number of hydrogen-bond donors (Lipinski definition) is 0. The van der Waals surface area contributed by atoms with Crippen molar-refractivity contribution < 1.29 is 9.47 Å². The van der Waals surface area contributed by atoms with E-state index in [2.05, 4.69) is 75.4 Å². The van der Waals surface area contributed by atoms with Gasteiger partial charge in [-0.25, -0.2) is 0 Å². The highest BCUT2D eigenvalue weighted by Gasteiger charge is 2.28. The second kappa shape index (κ2) is 9.79. The van der Waals surface area contributed by atoms with Gasteiger partial charge in [0.2, 0.25) is 0 Å². The van der Waals surface area contributed by atoms with Crippen LogP contribution in [0.1, 0.15) is 24.2 Å². The second-order valence-corrected chi connectivity index (χ2v) is 10.6. The summed E-state index contributed by atoms with van der Waals surface area (Å²) in [6.45, 7) is 5.65. The van der Waals surface area contributed by atoms with Crippen LogP contribution in [0.3, 0.4) is 0 Å². The Morgan fingerprint density at radius 1 is 0.917 bits per heavy atom. The van der Waals surface area contributed by atoms with Gasteiger partial charge in [0.1, 0.15) is 17.6 Å². The first-order valence-corrected chi connectivity index (χ1v) is 13.3. The molecule has 6 rings (SSSR count). The van der Waals surface area contributed by atoms with Gasteiger partial charge in [-0.3, -0.25) is 4.98 Å². The fraction of sp³-hybridized carbons (Fsp3) is 0.483. The predicted octanol–water partition coefficient (Wildman–Crippen LogP) is 4.20. The Labute approximate surface area is 213 Å². The summed E-state index contributed by atoms with van der Waals surface area (Å²) in [6.07, 6.45) is 8.31. The van der Waals surface area contributed by atoms with Crippen molar-refractivity contribution in [3.05, 3.63) is 54.1 Å². The number of fused-ring (bicyclic) bond motifs is 6. The van der Waals surface area contributed by atoms with Crippen LogP contribution in [0, 0.1) is 0 Å². The molecular formula is C29H37N5O2. The Kier molecular flexibility index (Phi) is 6.36. The van der Waals surface area contributed by atoms with E-state index in [-0.39, 0.29) is 6.10 Å². The van der Waals surface area contributed by atoms with Gasteiger partial charge in [0.05, 0.1) is 34.4 Å². The zero-order valence-corrected chi connectivity index (χ0v) is 21.7. The molecule has 0 N–H and O–H groups in total. The molecule has 5 heterocycles. The molecule has 0 radical (unpaired) electrons. The van der Waals surface area contributed by atoms with Crippen molar-refractivity contribution in [2.45, 2.75) is 44.9 Å². The largest absolute Gasteiger partial charge is 0.491 e. The Hall–Kier alpha value is -3.03. The highest BCUT2D eigenvalue weighted by atomic mass is 16.5. The summed E-state index contributed by atoms with van der Waals surface area (Å²) in [5, 5.41) is 2.39. The number of para-hydroxylation sites is 1. The first kappa shape index (κ1) is 23.4. The van der Waals surface area contributed by atoms with Crippen molar-refractivity contribution in [3.63, 3.8) is 0 Å². The van der Waals surface area contributed by atoms with Gasteiger partial charge in [-0.1, -0.05) is 12.1 Å². The molecule has 190 valence electrons. The van der Waals surface area contributed by atoms with Crippen LogP contribution in [-0.2, 0) is 25.9 Å². The minimum atomic E-state index is 0.189. The molecule has 3 aromatic heterocycles. The van der Waals surface area contributed by atoms with E-state index in [1.807, 2.05) is 12.4 Å². The molecule has 0 bridgehead atoms. The number of aromatic nitrogens is 3. The van der Waals surface area contributed by atoms with Crippen molar-refractivity contribution >= 4 is 21.8 Å². The molecule has 2 aliphatic heterocycles. The normalized spacial score (nSPS) is 17.4. The predicted molar refractivity (Wildman–Crippen MR) is 144 cm³/mol. The van der Waals surface area contributed by atoms with Crippen LogP contribution in [0.15, 0.2) is 42.7 Å². The fourth-order valence-corrected chi connectivity index (χ4v) is 5.92. The summed E-state index contributed by atoms with van der Waals surface area (Å²) in [6, 6.07) is 10.8. The molecule has 0 saturated carbocycles. The zero-order chi connectivity index (χ0) is 24.6. The molecular weight excluding hydrogens is 450 g/mol. The van der Waals surface area contributed by atoms with Crippen molar-refractivity contribution in [1.82, 2.24) is 23.9 Å². The molecule has 4 aromatic rings. The highest BCUT2D eigenvalue weighted by molar-refractivity contribution is 5.89. The van der Waals surface area contributed by atoms with E-state index in [4.69, 9.17) is 9.47 Å². The first-order chi connectivity index (χ1) is 17.6. The lowest BCUT2D eigenvalue weighted by Gasteiger charge is -2.29. The Bertz CT molecular complexity index is 1370. The van der Waals surface area contributed by atoms with Gasteiger partial charge in [-0.15, -0.1) is 0 Å². The molecule has 2 aliphatic rings. The lowest BCUT2D eigenvalue weighted by atomic mass is 10.1. The van der Waals surface area contributed by atoms with Crippen LogP contribution in [0.2, 0.25) is 0 Å². The van der Waals surface area contributed by atoms with Crippen LogP contribution >= 0.6 is 0 Å². The number of benzene rings is 1. The number of ether oxygens (including phenoxy) is 2. The van der Waals surface area contributed by atoms with Gasteiger partial charge < -0.3 is 28.4 Å². The Balaban J connectivity index is 1.16. The number of hydrogen-bond acceptors (Lipinski definition) is 5. The monoisotopic (exact) mass is 487 g/mol. The van der Waals surface area contributed by atoms with Gasteiger partial charge >= 0.3 is 0 Å². The van der Waals surface area contributed by atoms with Crippen LogP contribution < -0.4 is 9.47 Å². The van der Waals surface area contributed by atoms with E-state index < -0.39 is 0 Å². The van der Waals surface area contributed by atoms with Gasteiger partial charge in [0.25, 0.3) is 0 Å². The average Bonchev–Trinajstić information content (AvgIpc) is 3.38. The molecule has 1 atom stereocenters. The van der Waals surface area contributed by atoms with Gasteiger partial charge in [-0.2, -0.15) is 0 Å². The smallest absolute Gasteiger partial charge is 0.150 e. The molecule has 0 aliphatic carbocycles. The van der Waals surface area contributed by atoms with Crippen molar-refractivity contribution in [2.75, 3.05) is 47.4 Å². The third kappa shape index (κ3) is 4.24. The van der Waals surface area contributed by atoms with Crippen LogP contribution in [0.5, 0.6) is 11.5 Å². The molecule has 0 fully saturated rings. The average molecular weight is 488 g/mol. The van der Waals surface area contributed by atoms with Crippen molar-refractivity contribution in [3.8, 4) is 11.5 Å². The number of pyridine rings is 1. The fourth-order valence-electron chi connectivity index (χ4n) is 5.92. The van der Waals surface area contributed by atoms with Crippen molar-refractivity contribution in [1.29, 1.82) is 0 Å². The number of rotatable bonds is 8. The van der Waals surface area contributed by atoms with E-state index >= 15 is 0 Å². The third-order valence-corrected chi connectivity index (χ3v) is 7.73. The van der Waals surface area contributed by atoms with Gasteiger partial charge in [0.15, 0.2) is 0 Å². The maximum absolute atomic E-state index is 6.66. The van der Waals surface area contributed by atoms with Crippen LogP contribution in [0.25, 0.3) is 21.8 Å². The van der Waals surface area contributed by atoms with E-state index in [9.17, 15) is 0 Å². The zero-order valence-electron chi connectivity index (χ0n) is 21.7. The molecule has 1 unspecified atom stereocenters. The maximum Gasteiger partial charge on any atom is 0.150 e. The summed E-state index contributed by atoms with van der Waals surface area (Å²) < 4.78 is 17.7. The minimum absolute atomic E-state index is 0.189. The SMILES string of the molecule is CN(C)CCn1c2c(c3cnccc31)OC(CN(C)CCn1c3c(c4ccccc41)OCCC3)CC2. The molecule has 36 heavy (non-hydrogen) atoms. The van der Waals surface area contributed by atoms with Crippen LogP contribution in [0.4, 0.5) is 0 Å². The van der Waals surface area contributed by atoms with E-state index in [0.717, 1.165) is 81.9 Å². The molecule has 0 saturated heterocycles. The molecule has 0 spiro atoms. The second-order valence-electron chi connectivity index (χ2n) is 10.6. The number of likely N-dealkylation sites (N-methyl/N-ethyl adjacent to an activating group) is 2. The summed E-state index contributed by atoms with van der Waals surface area (Å²) in [5.74, 6) is 2.14. The molecule has 7 heteroatoms. The first-order valence-electron chi connectivity index (χ1n) is 13.3. The number of nitrogens with zero attached hydrogens (tertiary/aromatic N) is 5. The summed E-state index contributed by atoms with van der Waals surface area (Å²) >= 11 is 0. The minimum Gasteiger partial charge on any atom is -0.491 e. The van der Waals surface area contributed by atoms with Crippen LogP contribution in [-0.4, -0.2) is 77.4 Å². The maximum atomic E-state index is 6.66. The highest BCUT2D eigenvalue weighted by Crippen LogP contribution is 2.38. The molecule has 7 nitrogen and oxygen atoms in total. The topological polar surface area (TPSA) is 47.7 Å². The van der Waals surface area contributed by atoms with Crippen molar-refractivity contribution in [2.24, 2.45) is 0 Å². The summed E-state index contributed by atoms with van der Waals surface area (Å²) in [4.78, 5) is 9.06. The van der Waals surface area contributed by atoms with E-state index in [0.29, 0.717) is 0 Å². The molecule has 1 aromatic carbocycles. The van der Waals surface area contributed by atoms with Gasteiger partial charge in [-0.05, 0) is 65.0 Å². The lowest BCUT2D eigenvalue weighted by molar-refractivity contribution is 0.125.